The molecule has 7 nitrogen and oxygen atoms in total. The quantitative estimate of drug-likeness (QED) is 0.637. The van der Waals surface area contributed by atoms with E-state index in [9.17, 15) is 9.59 Å². The van der Waals surface area contributed by atoms with Gasteiger partial charge in [-0.05, 0) is 64.0 Å². The Morgan fingerprint density at radius 2 is 1.87 bits per heavy atom. The molecule has 3 rings (SSSR count). The highest BCUT2D eigenvalue weighted by Gasteiger charge is 2.42. The zero-order valence-corrected chi connectivity index (χ0v) is 19.6. The number of amides is 2. The fourth-order valence-corrected chi connectivity index (χ4v) is 4.24. The lowest BCUT2D eigenvalue weighted by molar-refractivity contribution is -0.166. The summed E-state index contributed by atoms with van der Waals surface area (Å²) in [6.07, 6.45) is 3.43. The number of aryl methyl sites for hydroxylation is 1. The third-order valence-electron chi connectivity index (χ3n) is 5.87. The van der Waals surface area contributed by atoms with Gasteiger partial charge in [-0.15, -0.1) is 0 Å². The Balaban J connectivity index is 1.75. The average Bonchev–Trinajstić information content (AvgIpc) is 2.75. The molecule has 1 aromatic carbocycles. The summed E-state index contributed by atoms with van der Waals surface area (Å²) < 4.78 is 12.3. The number of carbonyl (C=O) groups is 2. The van der Waals surface area contributed by atoms with Gasteiger partial charge in [-0.1, -0.05) is 11.6 Å². The number of likely N-dealkylation sites (N-methyl/N-ethyl adjacent to an activating group) is 1. The first-order chi connectivity index (χ1) is 14.8. The second kappa shape index (κ2) is 10.7. The summed E-state index contributed by atoms with van der Waals surface area (Å²) in [5, 5.41) is 0.678. The third kappa shape index (κ3) is 6.57. The van der Waals surface area contributed by atoms with E-state index >= 15 is 0 Å². The van der Waals surface area contributed by atoms with Crippen molar-refractivity contribution in [2.75, 3.05) is 60.0 Å². The number of ether oxygens (including phenoxy) is 2. The number of nitrogens with zero attached hydrogens (tertiary/aromatic N) is 3. The molecule has 0 saturated carbocycles. The van der Waals surface area contributed by atoms with Crippen LogP contribution in [-0.2, 0) is 14.3 Å². The van der Waals surface area contributed by atoms with Crippen molar-refractivity contribution in [2.45, 2.75) is 38.2 Å². The van der Waals surface area contributed by atoms with Crippen LogP contribution in [0.4, 0.5) is 0 Å². The molecule has 0 bridgehead atoms. The molecule has 0 aromatic heterocycles. The normalized spacial score (nSPS) is 22.0. The molecule has 2 saturated heterocycles. The Bertz CT molecular complexity index is 782. The number of halogens is 1. The first kappa shape index (κ1) is 23.8. The summed E-state index contributed by atoms with van der Waals surface area (Å²) in [5.41, 5.74) is 0.0485. The van der Waals surface area contributed by atoms with Gasteiger partial charge in [0.1, 0.15) is 18.0 Å². The maximum absolute atomic E-state index is 13.1. The van der Waals surface area contributed by atoms with E-state index in [2.05, 4.69) is 0 Å². The lowest BCUT2D eigenvalue weighted by Gasteiger charge is -2.43. The van der Waals surface area contributed by atoms with Crippen LogP contribution in [0.15, 0.2) is 18.2 Å². The van der Waals surface area contributed by atoms with Crippen molar-refractivity contribution < 1.29 is 19.1 Å². The van der Waals surface area contributed by atoms with Gasteiger partial charge in [-0.25, -0.2) is 0 Å². The number of benzene rings is 1. The lowest BCUT2D eigenvalue weighted by atomic mass is 9.96. The van der Waals surface area contributed by atoms with Crippen molar-refractivity contribution in [1.29, 1.82) is 0 Å². The van der Waals surface area contributed by atoms with E-state index < -0.39 is 5.60 Å². The molecule has 0 aliphatic carbocycles. The fourth-order valence-electron chi connectivity index (χ4n) is 4.13. The molecule has 0 N–H and O–H groups in total. The third-order valence-corrected chi connectivity index (χ3v) is 6.29. The zero-order chi connectivity index (χ0) is 22.4. The summed E-state index contributed by atoms with van der Waals surface area (Å²) in [6.45, 7) is 5.26. The predicted molar refractivity (Wildman–Crippen MR) is 121 cm³/mol. The van der Waals surface area contributed by atoms with Gasteiger partial charge in [0.05, 0.1) is 26.1 Å². The highest BCUT2D eigenvalue weighted by Crippen LogP contribution is 2.28. The van der Waals surface area contributed by atoms with Crippen LogP contribution < -0.4 is 4.74 Å². The van der Waals surface area contributed by atoms with Gasteiger partial charge >= 0.3 is 0 Å². The molecule has 2 aliphatic rings. The Labute approximate surface area is 190 Å². The van der Waals surface area contributed by atoms with Crippen LogP contribution in [0.3, 0.4) is 0 Å². The smallest absolute Gasteiger partial charge is 0.236 e. The van der Waals surface area contributed by atoms with Crippen molar-refractivity contribution in [3.63, 3.8) is 0 Å². The summed E-state index contributed by atoms with van der Waals surface area (Å²) in [6, 6.07) is 5.49. The second-order valence-electron chi connectivity index (χ2n) is 8.90. The van der Waals surface area contributed by atoms with E-state index in [1.807, 2.05) is 43.0 Å². The van der Waals surface area contributed by atoms with Crippen LogP contribution >= 0.6 is 11.6 Å². The largest absolute Gasteiger partial charge is 0.490 e. The molecule has 1 unspecified atom stereocenters. The lowest BCUT2D eigenvalue weighted by Crippen LogP contribution is -2.59. The highest BCUT2D eigenvalue weighted by molar-refractivity contribution is 6.31. The molecule has 0 radical (unpaired) electrons. The molecule has 0 spiro atoms. The Morgan fingerprint density at radius 3 is 2.55 bits per heavy atom. The topological polar surface area (TPSA) is 62.3 Å². The average molecular weight is 452 g/mol. The molecule has 172 valence electrons. The van der Waals surface area contributed by atoms with Crippen molar-refractivity contribution >= 4 is 23.4 Å². The number of hydrogen-bond acceptors (Lipinski definition) is 5. The minimum atomic E-state index is -0.873. The first-order valence-corrected chi connectivity index (χ1v) is 11.4. The van der Waals surface area contributed by atoms with Gasteiger partial charge < -0.3 is 24.2 Å². The number of likely N-dealkylation sites (tertiary alicyclic amines) is 1. The van der Waals surface area contributed by atoms with E-state index in [1.165, 1.54) is 0 Å². The Hall–Kier alpha value is -1.83. The van der Waals surface area contributed by atoms with Gasteiger partial charge in [-0.3, -0.25) is 9.59 Å². The van der Waals surface area contributed by atoms with Crippen molar-refractivity contribution in [3.8, 4) is 5.75 Å². The van der Waals surface area contributed by atoms with Gasteiger partial charge in [0.15, 0.2) is 0 Å². The Kier molecular flexibility index (Phi) is 8.19. The van der Waals surface area contributed by atoms with E-state index in [0.29, 0.717) is 37.0 Å². The van der Waals surface area contributed by atoms with Crippen LogP contribution in [0.1, 0.15) is 31.2 Å². The van der Waals surface area contributed by atoms with Crippen molar-refractivity contribution in [3.05, 3.63) is 28.8 Å². The molecule has 2 amide bonds. The van der Waals surface area contributed by atoms with E-state index in [-0.39, 0.29) is 24.8 Å². The van der Waals surface area contributed by atoms with Gasteiger partial charge in [0.2, 0.25) is 11.8 Å². The molecule has 8 heteroatoms. The molecule has 2 heterocycles. The van der Waals surface area contributed by atoms with E-state index in [0.717, 1.165) is 37.9 Å². The standard InChI is InChI=1S/C23H34ClN3O4/c1-18-13-19(7-8-20(18)24)30-17-23(14-21(28)26-9-5-4-6-10-26)16-27(11-12-31-23)22(29)15-25(2)3/h7-8,13H,4-6,9-12,14-17H2,1-3H3. The minimum absolute atomic E-state index is 0.0328. The summed E-state index contributed by atoms with van der Waals surface area (Å²) in [4.78, 5) is 31.4. The monoisotopic (exact) mass is 451 g/mol. The second-order valence-corrected chi connectivity index (χ2v) is 9.31. The predicted octanol–water partition coefficient (Wildman–Crippen LogP) is 2.59. The summed E-state index contributed by atoms with van der Waals surface area (Å²) in [5.74, 6) is 0.773. The molecule has 2 aliphatic heterocycles. The number of hydrogen-bond donors (Lipinski definition) is 0. The van der Waals surface area contributed by atoms with Crippen LogP contribution in [0, 0.1) is 6.92 Å². The summed E-state index contributed by atoms with van der Waals surface area (Å²) >= 11 is 6.13. The zero-order valence-electron chi connectivity index (χ0n) is 18.9. The Morgan fingerprint density at radius 1 is 1.13 bits per heavy atom. The number of carbonyl (C=O) groups excluding carboxylic acids is 2. The molecular formula is C23H34ClN3O4. The van der Waals surface area contributed by atoms with Crippen LogP contribution in [0.2, 0.25) is 5.02 Å². The molecule has 1 atom stereocenters. The fraction of sp³-hybridized carbons (Fsp3) is 0.652. The molecule has 1 aromatic rings. The SMILES string of the molecule is Cc1cc(OCC2(CC(=O)N3CCCCC3)CN(C(=O)CN(C)C)CCO2)ccc1Cl. The number of rotatable bonds is 7. The van der Waals surface area contributed by atoms with Gasteiger partial charge in [0, 0.05) is 24.7 Å². The van der Waals surface area contributed by atoms with Crippen LogP contribution in [0.25, 0.3) is 0 Å². The maximum Gasteiger partial charge on any atom is 0.236 e. The number of piperidine rings is 1. The molecule has 2 fully saturated rings. The molecular weight excluding hydrogens is 418 g/mol. The van der Waals surface area contributed by atoms with Gasteiger partial charge in [-0.2, -0.15) is 0 Å². The maximum atomic E-state index is 13.1. The van der Waals surface area contributed by atoms with Gasteiger partial charge in [0.25, 0.3) is 0 Å². The van der Waals surface area contributed by atoms with Crippen molar-refractivity contribution in [1.82, 2.24) is 14.7 Å². The van der Waals surface area contributed by atoms with Crippen LogP contribution in [0.5, 0.6) is 5.75 Å². The molecule has 31 heavy (non-hydrogen) atoms. The van der Waals surface area contributed by atoms with E-state index in [1.54, 1.807) is 11.0 Å². The van der Waals surface area contributed by atoms with E-state index in [4.69, 9.17) is 21.1 Å². The minimum Gasteiger partial charge on any atom is -0.490 e. The van der Waals surface area contributed by atoms with Crippen molar-refractivity contribution in [2.24, 2.45) is 0 Å². The highest BCUT2D eigenvalue weighted by atomic mass is 35.5. The number of morpholine rings is 1. The summed E-state index contributed by atoms with van der Waals surface area (Å²) in [7, 11) is 3.74. The first-order valence-electron chi connectivity index (χ1n) is 11.0. The van der Waals surface area contributed by atoms with Crippen LogP contribution in [-0.4, -0.2) is 92.1 Å².